The maximum absolute atomic E-state index is 12.0. The molecule has 2 fully saturated rings. The van der Waals surface area contributed by atoms with Crippen LogP contribution in [0.25, 0.3) is 0 Å². The Hall–Kier alpha value is 0.150. The highest BCUT2D eigenvalue weighted by Gasteiger charge is 2.37. The van der Waals surface area contributed by atoms with Crippen LogP contribution < -0.4 is 10.6 Å². The highest BCUT2D eigenvalue weighted by molar-refractivity contribution is 14.0. The van der Waals surface area contributed by atoms with Crippen LogP contribution in [0.5, 0.6) is 0 Å². The maximum atomic E-state index is 12.0. The first-order valence-electron chi connectivity index (χ1n) is 7.90. The summed E-state index contributed by atoms with van der Waals surface area (Å²) in [6.45, 7) is 5.34. The number of nitrogens with zero attached hydrogens (tertiary/aromatic N) is 1. The SMILES string of the molecule is CCS(=O)C1CCCC(NC(=NC)NCC2(C)CC2)C1.I. The van der Waals surface area contributed by atoms with E-state index in [-0.39, 0.29) is 24.0 Å². The highest BCUT2D eigenvalue weighted by atomic mass is 127. The molecule has 2 N–H and O–H groups in total. The van der Waals surface area contributed by atoms with E-state index in [1.807, 2.05) is 14.0 Å². The van der Waals surface area contributed by atoms with Crippen LogP contribution >= 0.6 is 24.0 Å². The second-order valence-electron chi connectivity index (χ2n) is 6.54. The normalized spacial score (nSPS) is 29.2. The van der Waals surface area contributed by atoms with Crippen molar-refractivity contribution in [3.8, 4) is 0 Å². The van der Waals surface area contributed by atoms with Crippen molar-refractivity contribution in [2.45, 2.75) is 63.7 Å². The molecule has 3 unspecified atom stereocenters. The van der Waals surface area contributed by atoms with Gasteiger partial charge < -0.3 is 10.6 Å². The van der Waals surface area contributed by atoms with Crippen molar-refractivity contribution in [3.05, 3.63) is 0 Å². The van der Waals surface area contributed by atoms with E-state index >= 15 is 0 Å². The van der Waals surface area contributed by atoms with Gasteiger partial charge in [-0.1, -0.05) is 20.3 Å². The van der Waals surface area contributed by atoms with Crippen molar-refractivity contribution < 1.29 is 4.21 Å². The number of nitrogens with one attached hydrogen (secondary N) is 2. The third-order valence-corrected chi connectivity index (χ3v) is 6.37. The van der Waals surface area contributed by atoms with Crippen molar-refractivity contribution in [1.82, 2.24) is 10.6 Å². The fourth-order valence-electron chi connectivity index (χ4n) is 2.83. The minimum Gasteiger partial charge on any atom is -0.356 e. The Morgan fingerprint density at radius 3 is 2.67 bits per heavy atom. The van der Waals surface area contributed by atoms with Crippen molar-refractivity contribution >= 4 is 40.7 Å². The lowest BCUT2D eigenvalue weighted by Crippen LogP contribution is -2.47. The second kappa shape index (κ2) is 8.70. The molecular formula is C15H30IN3OS. The fourth-order valence-corrected chi connectivity index (χ4v) is 4.17. The number of hydrogen-bond acceptors (Lipinski definition) is 2. The first kappa shape index (κ1) is 19.2. The summed E-state index contributed by atoms with van der Waals surface area (Å²) < 4.78 is 12.0. The predicted molar refractivity (Wildman–Crippen MR) is 102 cm³/mol. The molecule has 2 rings (SSSR count). The number of rotatable bonds is 5. The van der Waals surface area contributed by atoms with Crippen LogP contribution in [-0.2, 0) is 10.8 Å². The maximum Gasteiger partial charge on any atom is 0.191 e. The molecule has 21 heavy (non-hydrogen) atoms. The number of guanidine groups is 1. The van der Waals surface area contributed by atoms with Gasteiger partial charge in [0.25, 0.3) is 0 Å². The van der Waals surface area contributed by atoms with Gasteiger partial charge in [-0.05, 0) is 37.5 Å². The van der Waals surface area contributed by atoms with E-state index in [4.69, 9.17) is 0 Å². The summed E-state index contributed by atoms with van der Waals surface area (Å²) in [6, 6.07) is 0.419. The largest absolute Gasteiger partial charge is 0.356 e. The summed E-state index contributed by atoms with van der Waals surface area (Å²) in [4.78, 5) is 4.32. The Morgan fingerprint density at radius 2 is 2.10 bits per heavy atom. The minimum atomic E-state index is -0.659. The van der Waals surface area contributed by atoms with Gasteiger partial charge in [0.1, 0.15) is 0 Å². The highest BCUT2D eigenvalue weighted by Crippen LogP contribution is 2.43. The lowest BCUT2D eigenvalue weighted by molar-refractivity contribution is 0.411. The van der Waals surface area contributed by atoms with Gasteiger partial charge in [0.05, 0.1) is 0 Å². The van der Waals surface area contributed by atoms with Gasteiger partial charge in [0.15, 0.2) is 5.96 Å². The Balaban J connectivity index is 0.00000220. The molecule has 0 aromatic rings. The monoisotopic (exact) mass is 427 g/mol. The van der Waals surface area contributed by atoms with Crippen molar-refractivity contribution in [3.63, 3.8) is 0 Å². The lowest BCUT2D eigenvalue weighted by atomic mass is 9.95. The van der Waals surface area contributed by atoms with Crippen molar-refractivity contribution in [2.75, 3.05) is 19.3 Å². The number of halogens is 1. The summed E-state index contributed by atoms with van der Waals surface area (Å²) in [5.41, 5.74) is 0.483. The van der Waals surface area contributed by atoms with E-state index in [1.54, 1.807) is 0 Å². The van der Waals surface area contributed by atoms with E-state index in [0.29, 0.717) is 16.7 Å². The molecule has 0 radical (unpaired) electrons. The lowest BCUT2D eigenvalue weighted by Gasteiger charge is -2.30. The van der Waals surface area contributed by atoms with Gasteiger partial charge in [-0.2, -0.15) is 0 Å². The summed E-state index contributed by atoms with van der Waals surface area (Å²) in [6.07, 6.45) is 7.09. The number of hydrogen-bond donors (Lipinski definition) is 2. The van der Waals surface area contributed by atoms with E-state index in [9.17, 15) is 4.21 Å². The molecule has 0 amide bonds. The van der Waals surface area contributed by atoms with Gasteiger partial charge >= 0.3 is 0 Å². The zero-order valence-electron chi connectivity index (χ0n) is 13.5. The smallest absolute Gasteiger partial charge is 0.191 e. The van der Waals surface area contributed by atoms with Gasteiger partial charge in [-0.25, -0.2) is 0 Å². The second-order valence-corrected chi connectivity index (χ2v) is 8.54. The van der Waals surface area contributed by atoms with Crippen LogP contribution in [0.4, 0.5) is 0 Å². The molecule has 0 aromatic carbocycles. The van der Waals surface area contributed by atoms with Crippen LogP contribution in [0, 0.1) is 5.41 Å². The molecule has 3 atom stereocenters. The Labute approximate surface area is 148 Å². The topological polar surface area (TPSA) is 53.5 Å². The standard InChI is InChI=1S/C15H29N3OS.HI/c1-4-20(19)13-7-5-6-12(10-13)18-14(16-3)17-11-15(2)8-9-15;/h12-13H,4-11H2,1-3H3,(H2,16,17,18);1H. The third kappa shape index (κ3) is 6.04. The zero-order valence-corrected chi connectivity index (χ0v) is 16.6. The van der Waals surface area contributed by atoms with Crippen LogP contribution in [0.15, 0.2) is 4.99 Å². The molecule has 0 heterocycles. The molecule has 2 saturated carbocycles. The van der Waals surface area contributed by atoms with E-state index in [0.717, 1.165) is 37.5 Å². The van der Waals surface area contributed by atoms with Crippen molar-refractivity contribution in [2.24, 2.45) is 10.4 Å². The van der Waals surface area contributed by atoms with Gasteiger partial charge in [-0.15, -0.1) is 24.0 Å². The molecule has 0 spiro atoms. The molecule has 6 heteroatoms. The first-order chi connectivity index (χ1) is 9.56. The summed E-state index contributed by atoms with van der Waals surface area (Å²) in [5, 5.41) is 7.33. The van der Waals surface area contributed by atoms with Gasteiger partial charge in [0, 0.05) is 41.4 Å². The molecule has 124 valence electrons. The molecule has 0 aromatic heterocycles. The van der Waals surface area contributed by atoms with Crippen LogP contribution in [0.1, 0.15) is 52.4 Å². The average molecular weight is 427 g/mol. The zero-order chi connectivity index (χ0) is 14.6. The van der Waals surface area contributed by atoms with E-state index in [1.165, 1.54) is 19.3 Å². The summed E-state index contributed by atoms with van der Waals surface area (Å²) in [5.74, 6) is 1.69. The molecule has 4 nitrogen and oxygen atoms in total. The van der Waals surface area contributed by atoms with Gasteiger partial charge in [0.2, 0.25) is 0 Å². The molecule has 2 aliphatic carbocycles. The molecular weight excluding hydrogens is 397 g/mol. The van der Waals surface area contributed by atoms with E-state index < -0.39 is 10.8 Å². The average Bonchev–Trinajstić information content (AvgIpc) is 3.21. The Morgan fingerprint density at radius 1 is 1.38 bits per heavy atom. The third-order valence-electron chi connectivity index (χ3n) is 4.63. The van der Waals surface area contributed by atoms with E-state index in [2.05, 4.69) is 22.5 Å². The van der Waals surface area contributed by atoms with Crippen LogP contribution in [0.2, 0.25) is 0 Å². The quantitative estimate of drug-likeness (QED) is 0.403. The minimum absolute atomic E-state index is 0. The first-order valence-corrected chi connectivity index (χ1v) is 9.29. The predicted octanol–water partition coefficient (Wildman–Crippen LogP) is 2.65. The Kier molecular flexibility index (Phi) is 7.95. The summed E-state index contributed by atoms with van der Waals surface area (Å²) >= 11 is 0. The molecule has 2 aliphatic rings. The number of aliphatic imine (C=N–C) groups is 1. The Bertz CT molecular complexity index is 385. The molecule has 0 aliphatic heterocycles. The fraction of sp³-hybridized carbons (Fsp3) is 0.933. The molecule has 0 bridgehead atoms. The van der Waals surface area contributed by atoms with Crippen LogP contribution in [-0.4, -0.2) is 40.8 Å². The van der Waals surface area contributed by atoms with Crippen molar-refractivity contribution in [1.29, 1.82) is 0 Å². The van der Waals surface area contributed by atoms with Gasteiger partial charge in [-0.3, -0.25) is 9.20 Å². The molecule has 0 saturated heterocycles. The van der Waals surface area contributed by atoms with Crippen LogP contribution in [0.3, 0.4) is 0 Å². The summed E-state index contributed by atoms with van der Waals surface area (Å²) in [7, 11) is 1.17.